The molecule has 42 valence electrons. The molecule has 0 radical (unpaired) electrons. The van der Waals surface area contributed by atoms with Crippen molar-refractivity contribution in [2.45, 2.75) is 5.92 Å². The van der Waals surface area contributed by atoms with Crippen molar-refractivity contribution in [2.24, 2.45) is 0 Å². The number of rotatable bonds is 0. The summed E-state index contributed by atoms with van der Waals surface area (Å²) in [5.74, 6) is -5.05. The largest absolute Gasteiger partial charge is 0.503 e. The molecule has 0 aromatic heterocycles. The van der Waals surface area contributed by atoms with Crippen molar-refractivity contribution >= 4 is 7.68 Å². The van der Waals surface area contributed by atoms with Crippen LogP contribution in [0.4, 0.5) is 13.2 Å². The molecule has 7 heavy (non-hydrogen) atoms. The zero-order valence-electron chi connectivity index (χ0n) is 2.90. The average Bonchev–Trinajstić information content (AvgIpc) is 1.31. The number of halogens is 3. The second-order valence-corrected chi connectivity index (χ2v) is 1.75. The van der Waals surface area contributed by atoms with Gasteiger partial charge < -0.3 is 0 Å². The van der Waals surface area contributed by atoms with Crippen LogP contribution in [-0.4, -0.2) is 5.92 Å². The van der Waals surface area contributed by atoms with E-state index in [0.29, 0.717) is 0 Å². The SMILES string of the molecule is O=P(=O)C(F)(F)F. The van der Waals surface area contributed by atoms with E-state index in [9.17, 15) is 13.2 Å². The van der Waals surface area contributed by atoms with Gasteiger partial charge in [-0.15, -0.1) is 0 Å². The van der Waals surface area contributed by atoms with Crippen LogP contribution >= 0.6 is 7.68 Å². The Kier molecular flexibility index (Phi) is 1.58. The third kappa shape index (κ3) is 2.39. The van der Waals surface area contributed by atoms with Crippen LogP contribution in [-0.2, 0) is 9.13 Å². The monoisotopic (exact) mass is 132 g/mol. The van der Waals surface area contributed by atoms with E-state index in [1.807, 2.05) is 0 Å². The third-order valence-electron chi connectivity index (χ3n) is 0.207. The van der Waals surface area contributed by atoms with Crippen molar-refractivity contribution in [1.29, 1.82) is 0 Å². The van der Waals surface area contributed by atoms with Crippen LogP contribution in [0.2, 0.25) is 0 Å². The summed E-state index contributed by atoms with van der Waals surface area (Å²) in [7, 11) is -4.24. The van der Waals surface area contributed by atoms with Crippen molar-refractivity contribution in [3.05, 3.63) is 0 Å². The Morgan fingerprint density at radius 3 is 1.29 bits per heavy atom. The summed E-state index contributed by atoms with van der Waals surface area (Å²) >= 11 is 0. The van der Waals surface area contributed by atoms with Gasteiger partial charge in [-0.05, 0) is 0 Å². The smallest absolute Gasteiger partial charge is 0.227 e. The molecule has 0 saturated carbocycles. The minimum Gasteiger partial charge on any atom is -0.227 e. The van der Waals surface area contributed by atoms with Crippen molar-refractivity contribution in [2.75, 3.05) is 0 Å². The lowest BCUT2D eigenvalue weighted by atomic mass is 11.6. The molecular weight excluding hydrogens is 132 g/mol. The highest BCUT2D eigenvalue weighted by atomic mass is 31.1. The molecule has 0 rings (SSSR count). The summed E-state index contributed by atoms with van der Waals surface area (Å²) in [5.41, 5.74) is 0. The number of hydrogen-bond donors (Lipinski definition) is 0. The molecule has 0 amide bonds. The predicted molar refractivity (Wildman–Crippen MR) is 14.3 cm³/mol. The summed E-state index contributed by atoms with van der Waals surface area (Å²) in [4.78, 5) is 0. The molecule has 0 aliphatic rings. The molecule has 0 unspecified atom stereocenters. The Morgan fingerprint density at radius 1 is 1.14 bits per heavy atom. The van der Waals surface area contributed by atoms with E-state index in [0.717, 1.165) is 0 Å². The fourth-order valence-corrected chi connectivity index (χ4v) is 0. The predicted octanol–water partition coefficient (Wildman–Crippen LogP) is 1.68. The van der Waals surface area contributed by atoms with Crippen molar-refractivity contribution < 1.29 is 22.3 Å². The highest BCUT2D eigenvalue weighted by Crippen LogP contribution is 2.33. The lowest BCUT2D eigenvalue weighted by molar-refractivity contribution is -0.0450. The van der Waals surface area contributed by atoms with Gasteiger partial charge in [-0.1, -0.05) is 0 Å². The summed E-state index contributed by atoms with van der Waals surface area (Å²) in [5, 5.41) is 0. The van der Waals surface area contributed by atoms with Crippen LogP contribution < -0.4 is 0 Å². The zero-order valence-corrected chi connectivity index (χ0v) is 3.79. The topological polar surface area (TPSA) is 34.1 Å². The molecule has 0 aliphatic carbocycles. The van der Waals surface area contributed by atoms with Crippen molar-refractivity contribution in [3.63, 3.8) is 0 Å². The molecule has 0 aliphatic heterocycles. The minimum atomic E-state index is -5.05. The lowest BCUT2D eigenvalue weighted by Gasteiger charge is -1.86. The molecule has 0 aromatic rings. The first kappa shape index (κ1) is 6.69. The van der Waals surface area contributed by atoms with E-state index >= 15 is 0 Å². The van der Waals surface area contributed by atoms with Gasteiger partial charge in [0.25, 0.3) is 0 Å². The fraction of sp³-hybridized carbons (Fsp3) is 1.00. The van der Waals surface area contributed by atoms with Gasteiger partial charge in [0.1, 0.15) is 0 Å². The molecule has 2 nitrogen and oxygen atoms in total. The van der Waals surface area contributed by atoms with Gasteiger partial charge >= 0.3 is 13.6 Å². The molecule has 0 fully saturated rings. The first-order valence-corrected chi connectivity index (χ1v) is 2.33. The second-order valence-electron chi connectivity index (χ2n) is 0.725. The standard InChI is InChI=1S/CF3O2P/c2-1(3,4)7(5)6. The average molecular weight is 132 g/mol. The maximum Gasteiger partial charge on any atom is 0.503 e. The lowest BCUT2D eigenvalue weighted by Crippen LogP contribution is -1.93. The molecule has 0 spiro atoms. The molecule has 0 bridgehead atoms. The van der Waals surface area contributed by atoms with Crippen LogP contribution in [0.3, 0.4) is 0 Å². The summed E-state index contributed by atoms with van der Waals surface area (Å²) in [6.45, 7) is 0. The summed E-state index contributed by atoms with van der Waals surface area (Å²) in [6.07, 6.45) is 0. The molecule has 6 heteroatoms. The Balaban J connectivity index is 4.08. The van der Waals surface area contributed by atoms with Crippen LogP contribution in [0, 0.1) is 0 Å². The van der Waals surface area contributed by atoms with Gasteiger partial charge in [-0.2, -0.15) is 13.2 Å². The Hall–Kier alpha value is -0.310. The second kappa shape index (κ2) is 1.66. The van der Waals surface area contributed by atoms with E-state index in [1.165, 1.54) is 0 Å². The third-order valence-corrected chi connectivity index (χ3v) is 0.621. The first-order chi connectivity index (χ1) is 2.94. The Labute approximate surface area is 37.1 Å². The van der Waals surface area contributed by atoms with Gasteiger partial charge in [-0.3, -0.25) is 0 Å². The van der Waals surface area contributed by atoms with Crippen LogP contribution in [0.5, 0.6) is 0 Å². The molecule has 0 heterocycles. The quantitative estimate of drug-likeness (QED) is 0.470. The summed E-state index contributed by atoms with van der Waals surface area (Å²) < 4.78 is 49.6. The maximum atomic E-state index is 10.6. The van der Waals surface area contributed by atoms with Gasteiger partial charge in [0.05, 0.1) is 0 Å². The summed E-state index contributed by atoms with van der Waals surface area (Å²) in [6, 6.07) is 0. The minimum absolute atomic E-state index is 4.24. The van der Waals surface area contributed by atoms with E-state index < -0.39 is 13.6 Å². The normalized spacial score (nSPS) is 11.3. The molecule has 0 N–H and O–H groups in total. The van der Waals surface area contributed by atoms with E-state index in [1.54, 1.807) is 0 Å². The van der Waals surface area contributed by atoms with Crippen LogP contribution in [0.15, 0.2) is 0 Å². The number of alkyl halides is 3. The van der Waals surface area contributed by atoms with E-state index in [2.05, 4.69) is 0 Å². The van der Waals surface area contributed by atoms with E-state index in [-0.39, 0.29) is 0 Å². The first-order valence-electron chi connectivity index (χ1n) is 1.16. The highest BCUT2D eigenvalue weighted by Gasteiger charge is 2.35. The Morgan fingerprint density at radius 2 is 1.29 bits per heavy atom. The van der Waals surface area contributed by atoms with Gasteiger partial charge in [0.15, 0.2) is 0 Å². The number of hydrogen-bond acceptors (Lipinski definition) is 2. The van der Waals surface area contributed by atoms with Crippen LogP contribution in [0.1, 0.15) is 0 Å². The Bertz CT molecular complexity index is 113. The van der Waals surface area contributed by atoms with Crippen LogP contribution in [0.25, 0.3) is 0 Å². The highest BCUT2D eigenvalue weighted by molar-refractivity contribution is 7.32. The zero-order chi connectivity index (χ0) is 6.08. The van der Waals surface area contributed by atoms with Gasteiger partial charge in [0, 0.05) is 0 Å². The molecular formula is CF3O2P. The van der Waals surface area contributed by atoms with Crippen molar-refractivity contribution in [3.8, 4) is 0 Å². The van der Waals surface area contributed by atoms with E-state index in [4.69, 9.17) is 9.13 Å². The van der Waals surface area contributed by atoms with Gasteiger partial charge in [0.2, 0.25) is 0 Å². The molecule has 0 atom stereocenters. The van der Waals surface area contributed by atoms with Gasteiger partial charge in [-0.25, -0.2) is 9.13 Å². The van der Waals surface area contributed by atoms with Crippen molar-refractivity contribution in [1.82, 2.24) is 0 Å². The fourth-order valence-electron chi connectivity index (χ4n) is 0. The molecule has 0 aromatic carbocycles. The molecule has 0 saturated heterocycles. The maximum absolute atomic E-state index is 10.6.